The Labute approximate surface area is 80.0 Å². The Bertz CT molecular complexity index is 497. The van der Waals surface area contributed by atoms with E-state index < -0.39 is 5.60 Å². The average molecular weight is 192 g/mol. The van der Waals surface area contributed by atoms with Gasteiger partial charge in [-0.15, -0.1) is 0 Å². The highest BCUT2D eigenvalue weighted by Gasteiger charge is 2.44. The van der Waals surface area contributed by atoms with Crippen LogP contribution in [0.2, 0.25) is 0 Å². The highest BCUT2D eigenvalue weighted by Crippen LogP contribution is 2.48. The lowest BCUT2D eigenvalue weighted by Gasteiger charge is -2.08. The topological polar surface area (TPSA) is 33.4 Å². The molecule has 0 amide bonds. The molecule has 1 N–H and O–H groups in total. The SMILES string of the molecule is OC1(c2cc(F)cc3ccoc23)CC1. The molecule has 1 aromatic heterocycles. The quantitative estimate of drug-likeness (QED) is 0.753. The van der Waals surface area contributed by atoms with Crippen LogP contribution < -0.4 is 0 Å². The molecule has 0 atom stereocenters. The molecule has 3 rings (SSSR count). The summed E-state index contributed by atoms with van der Waals surface area (Å²) in [6.07, 6.45) is 2.89. The minimum Gasteiger partial charge on any atom is -0.464 e. The first kappa shape index (κ1) is 8.00. The Balaban J connectivity index is 2.35. The van der Waals surface area contributed by atoms with Gasteiger partial charge in [-0.3, -0.25) is 0 Å². The predicted molar refractivity (Wildman–Crippen MR) is 49.3 cm³/mol. The zero-order chi connectivity index (χ0) is 9.76. The molecule has 1 saturated carbocycles. The second-order valence-electron chi connectivity index (χ2n) is 3.82. The van der Waals surface area contributed by atoms with Crippen molar-refractivity contribution in [3.05, 3.63) is 35.8 Å². The summed E-state index contributed by atoms with van der Waals surface area (Å²) in [7, 11) is 0. The highest BCUT2D eigenvalue weighted by atomic mass is 19.1. The van der Waals surface area contributed by atoms with Crippen molar-refractivity contribution in [2.24, 2.45) is 0 Å². The van der Waals surface area contributed by atoms with Crippen LogP contribution in [0.4, 0.5) is 4.39 Å². The van der Waals surface area contributed by atoms with E-state index in [0.717, 1.165) is 0 Å². The number of rotatable bonds is 1. The molecule has 0 saturated heterocycles. The lowest BCUT2D eigenvalue weighted by molar-refractivity contribution is 0.151. The molecular weight excluding hydrogens is 183 g/mol. The zero-order valence-corrected chi connectivity index (χ0v) is 7.46. The number of furan rings is 1. The Morgan fingerprint density at radius 2 is 2.14 bits per heavy atom. The molecule has 0 spiro atoms. The van der Waals surface area contributed by atoms with Crippen molar-refractivity contribution in [2.45, 2.75) is 18.4 Å². The summed E-state index contributed by atoms with van der Waals surface area (Å²) < 4.78 is 18.4. The predicted octanol–water partition coefficient (Wildman–Crippen LogP) is 2.55. The Hall–Kier alpha value is -1.35. The van der Waals surface area contributed by atoms with Gasteiger partial charge in [0, 0.05) is 10.9 Å². The summed E-state index contributed by atoms with van der Waals surface area (Å²) in [5.41, 5.74) is 0.335. The standard InChI is InChI=1S/C11H9FO2/c12-8-5-7-1-4-14-10(7)9(6-8)11(13)2-3-11/h1,4-6,13H,2-3H2. The third kappa shape index (κ3) is 0.990. The van der Waals surface area contributed by atoms with E-state index in [4.69, 9.17) is 4.42 Å². The van der Waals surface area contributed by atoms with E-state index in [-0.39, 0.29) is 5.82 Å². The normalized spacial score (nSPS) is 18.7. The first-order chi connectivity index (χ1) is 6.69. The van der Waals surface area contributed by atoms with Crippen molar-refractivity contribution in [1.82, 2.24) is 0 Å². The molecule has 14 heavy (non-hydrogen) atoms. The molecule has 3 heteroatoms. The van der Waals surface area contributed by atoms with Gasteiger partial charge >= 0.3 is 0 Å². The van der Waals surface area contributed by atoms with Crippen molar-refractivity contribution in [3.63, 3.8) is 0 Å². The van der Waals surface area contributed by atoms with Crippen molar-refractivity contribution >= 4 is 11.0 Å². The first-order valence-corrected chi connectivity index (χ1v) is 4.59. The largest absolute Gasteiger partial charge is 0.464 e. The fourth-order valence-electron chi connectivity index (χ4n) is 1.78. The monoisotopic (exact) mass is 192 g/mol. The van der Waals surface area contributed by atoms with Crippen molar-refractivity contribution < 1.29 is 13.9 Å². The molecule has 72 valence electrons. The van der Waals surface area contributed by atoms with Crippen LogP contribution in [-0.2, 0) is 5.60 Å². The summed E-state index contributed by atoms with van der Waals surface area (Å²) in [6, 6.07) is 4.47. The van der Waals surface area contributed by atoms with Gasteiger partial charge in [-0.2, -0.15) is 0 Å². The van der Waals surface area contributed by atoms with E-state index in [9.17, 15) is 9.50 Å². The van der Waals surface area contributed by atoms with E-state index in [1.165, 1.54) is 18.4 Å². The second-order valence-corrected chi connectivity index (χ2v) is 3.82. The molecule has 2 aromatic rings. The fourth-order valence-corrected chi connectivity index (χ4v) is 1.78. The smallest absolute Gasteiger partial charge is 0.140 e. The molecule has 1 fully saturated rings. The van der Waals surface area contributed by atoms with Gasteiger partial charge in [0.15, 0.2) is 0 Å². The van der Waals surface area contributed by atoms with Crippen LogP contribution >= 0.6 is 0 Å². The molecule has 1 heterocycles. The van der Waals surface area contributed by atoms with Gasteiger partial charge in [-0.25, -0.2) is 4.39 Å². The molecule has 2 nitrogen and oxygen atoms in total. The third-order valence-electron chi connectivity index (χ3n) is 2.74. The lowest BCUT2D eigenvalue weighted by Crippen LogP contribution is -2.04. The Morgan fingerprint density at radius 1 is 1.36 bits per heavy atom. The van der Waals surface area contributed by atoms with E-state index >= 15 is 0 Å². The minimum atomic E-state index is -0.849. The maximum atomic E-state index is 13.2. The van der Waals surface area contributed by atoms with E-state index in [1.807, 2.05) is 0 Å². The van der Waals surface area contributed by atoms with Gasteiger partial charge in [-0.1, -0.05) is 0 Å². The van der Waals surface area contributed by atoms with Crippen LogP contribution in [0, 0.1) is 5.82 Å². The van der Waals surface area contributed by atoms with E-state index in [0.29, 0.717) is 29.4 Å². The van der Waals surface area contributed by atoms with Gasteiger partial charge < -0.3 is 9.52 Å². The van der Waals surface area contributed by atoms with Gasteiger partial charge in [0.25, 0.3) is 0 Å². The van der Waals surface area contributed by atoms with Gasteiger partial charge in [0.05, 0.1) is 11.9 Å². The van der Waals surface area contributed by atoms with Crippen LogP contribution in [0.25, 0.3) is 11.0 Å². The third-order valence-corrected chi connectivity index (χ3v) is 2.74. The maximum Gasteiger partial charge on any atom is 0.140 e. The van der Waals surface area contributed by atoms with E-state index in [1.54, 1.807) is 6.07 Å². The van der Waals surface area contributed by atoms with E-state index in [2.05, 4.69) is 0 Å². The van der Waals surface area contributed by atoms with Crippen molar-refractivity contribution in [2.75, 3.05) is 0 Å². The highest BCUT2D eigenvalue weighted by molar-refractivity contribution is 5.81. The van der Waals surface area contributed by atoms with Crippen LogP contribution in [-0.4, -0.2) is 5.11 Å². The average Bonchev–Trinajstić information content (AvgIpc) is 2.74. The molecule has 0 aliphatic heterocycles. The fraction of sp³-hybridized carbons (Fsp3) is 0.273. The number of hydrogen-bond donors (Lipinski definition) is 1. The van der Waals surface area contributed by atoms with Crippen molar-refractivity contribution in [1.29, 1.82) is 0 Å². The molecule has 1 aliphatic carbocycles. The molecule has 0 radical (unpaired) electrons. The summed E-state index contributed by atoms with van der Waals surface area (Å²) in [6.45, 7) is 0. The number of fused-ring (bicyclic) bond motifs is 1. The minimum absolute atomic E-state index is 0.325. The number of halogens is 1. The molecule has 1 aliphatic rings. The number of hydrogen-bond acceptors (Lipinski definition) is 2. The van der Waals surface area contributed by atoms with Gasteiger partial charge in [0.2, 0.25) is 0 Å². The van der Waals surface area contributed by atoms with Gasteiger partial charge in [0.1, 0.15) is 11.4 Å². The molecule has 0 unspecified atom stereocenters. The second kappa shape index (κ2) is 2.36. The summed E-state index contributed by atoms with van der Waals surface area (Å²) >= 11 is 0. The Morgan fingerprint density at radius 3 is 2.86 bits per heavy atom. The van der Waals surface area contributed by atoms with Crippen LogP contribution in [0.1, 0.15) is 18.4 Å². The number of aliphatic hydroxyl groups is 1. The summed E-state index contributed by atoms with van der Waals surface area (Å²) in [5.74, 6) is -0.325. The van der Waals surface area contributed by atoms with Crippen molar-refractivity contribution in [3.8, 4) is 0 Å². The number of benzene rings is 1. The maximum absolute atomic E-state index is 13.2. The Kier molecular flexibility index (Phi) is 1.35. The zero-order valence-electron chi connectivity index (χ0n) is 7.46. The molecular formula is C11H9FO2. The van der Waals surface area contributed by atoms with Gasteiger partial charge in [-0.05, 0) is 31.0 Å². The summed E-state index contributed by atoms with van der Waals surface area (Å²) in [5, 5.41) is 10.6. The molecule has 1 aromatic carbocycles. The summed E-state index contributed by atoms with van der Waals surface area (Å²) in [4.78, 5) is 0. The van der Waals surface area contributed by atoms with Crippen LogP contribution in [0.5, 0.6) is 0 Å². The lowest BCUT2D eigenvalue weighted by atomic mass is 10.1. The molecule has 0 bridgehead atoms. The van der Waals surface area contributed by atoms with Crippen LogP contribution in [0.15, 0.2) is 28.9 Å². The first-order valence-electron chi connectivity index (χ1n) is 4.59. The van der Waals surface area contributed by atoms with Crippen LogP contribution in [0.3, 0.4) is 0 Å².